The van der Waals surface area contributed by atoms with E-state index in [4.69, 9.17) is 14.2 Å². The van der Waals surface area contributed by atoms with Gasteiger partial charge >= 0.3 is 0 Å². The molecule has 4 N–H and O–H groups in total. The van der Waals surface area contributed by atoms with Crippen molar-refractivity contribution in [1.82, 2.24) is 10.2 Å². The molecule has 1 aromatic rings. The first-order valence-electron chi connectivity index (χ1n) is 13.5. The minimum atomic E-state index is -1.13. The summed E-state index contributed by atoms with van der Waals surface area (Å²) in [6, 6.07) is 2.58. The fraction of sp³-hybridized carbons (Fsp3) is 0.643. The summed E-state index contributed by atoms with van der Waals surface area (Å²) in [5.74, 6) is -0.411. The van der Waals surface area contributed by atoms with Gasteiger partial charge in [-0.15, -0.1) is 0 Å². The van der Waals surface area contributed by atoms with E-state index in [1.165, 1.54) is 7.11 Å². The first-order chi connectivity index (χ1) is 18.4. The molecule has 3 rings (SSSR count). The molecule has 1 heterocycles. The second-order valence-electron chi connectivity index (χ2n) is 9.76. The van der Waals surface area contributed by atoms with E-state index in [-0.39, 0.29) is 38.8 Å². The predicted octanol–water partition coefficient (Wildman–Crippen LogP) is 1.65. The summed E-state index contributed by atoms with van der Waals surface area (Å²) in [5.41, 5.74) is 1.52. The lowest BCUT2D eigenvalue weighted by Gasteiger charge is -2.40. The van der Waals surface area contributed by atoms with Crippen LogP contribution in [0.4, 0.5) is 0 Å². The van der Waals surface area contributed by atoms with Crippen LogP contribution in [0.2, 0.25) is 0 Å². The number of hydrogen-bond donors (Lipinski definition) is 4. The van der Waals surface area contributed by atoms with Crippen LogP contribution >= 0.6 is 0 Å². The van der Waals surface area contributed by atoms with Crippen LogP contribution in [0.1, 0.15) is 62.5 Å². The van der Waals surface area contributed by atoms with Gasteiger partial charge in [-0.1, -0.05) is 32.6 Å². The Balaban J connectivity index is 1.99. The normalized spacial score (nSPS) is 21.7. The maximum Gasteiger partial charge on any atom is 0.247 e. The van der Waals surface area contributed by atoms with Crippen molar-refractivity contribution in [1.29, 1.82) is 0 Å². The van der Waals surface area contributed by atoms with Gasteiger partial charge in [0.25, 0.3) is 0 Å². The number of methoxy groups -OCH3 is 2. The maximum atomic E-state index is 13.4. The number of benzene rings is 1. The Morgan fingerprint density at radius 2 is 1.89 bits per heavy atom. The van der Waals surface area contributed by atoms with E-state index >= 15 is 0 Å². The molecular formula is C28H42N2O8. The molecule has 0 spiro atoms. The van der Waals surface area contributed by atoms with Crippen LogP contribution in [0.25, 0.3) is 0 Å². The average Bonchev–Trinajstić information content (AvgIpc) is 3.32. The Morgan fingerprint density at radius 3 is 2.55 bits per heavy atom. The second kappa shape index (κ2) is 14.5. The third-order valence-electron chi connectivity index (χ3n) is 7.21. The molecule has 1 aliphatic heterocycles. The Labute approximate surface area is 224 Å². The van der Waals surface area contributed by atoms with Crippen molar-refractivity contribution in [3.05, 3.63) is 34.9 Å². The van der Waals surface area contributed by atoms with Crippen molar-refractivity contribution in [3.8, 4) is 11.5 Å². The van der Waals surface area contributed by atoms with Crippen molar-refractivity contribution < 1.29 is 39.1 Å². The molecule has 212 valence electrons. The van der Waals surface area contributed by atoms with Gasteiger partial charge in [-0.2, -0.15) is 0 Å². The molecule has 0 aromatic heterocycles. The lowest BCUT2D eigenvalue weighted by Crippen LogP contribution is -2.56. The SMILES string of the molecule is CCCCCCCC(=O)N(CCOC)[C@@H]1C=C(C(=O)NCCO)[C@@H]2c3cc(CO)cc(OC)c3O[C@@H]2[C@H]1O. The quantitative estimate of drug-likeness (QED) is 0.249. The molecule has 1 aliphatic carbocycles. The molecule has 10 nitrogen and oxygen atoms in total. The van der Waals surface area contributed by atoms with Crippen molar-refractivity contribution >= 4 is 11.8 Å². The molecule has 0 fully saturated rings. The number of carbonyl (C=O) groups excluding carboxylic acids is 2. The summed E-state index contributed by atoms with van der Waals surface area (Å²) in [6.07, 6.45) is 4.98. The van der Waals surface area contributed by atoms with Gasteiger partial charge in [0.1, 0.15) is 12.2 Å². The molecule has 2 amide bonds. The number of rotatable bonds is 15. The Kier molecular flexibility index (Phi) is 11.4. The van der Waals surface area contributed by atoms with E-state index in [1.54, 1.807) is 30.2 Å². The van der Waals surface area contributed by atoms with Crippen molar-refractivity contribution in [2.45, 2.75) is 76.2 Å². The molecule has 0 bridgehead atoms. The molecule has 0 radical (unpaired) electrons. The molecule has 0 saturated carbocycles. The molecular weight excluding hydrogens is 492 g/mol. The highest BCUT2D eigenvalue weighted by Crippen LogP contribution is 2.51. The van der Waals surface area contributed by atoms with Crippen LogP contribution in [0, 0.1) is 0 Å². The molecule has 4 atom stereocenters. The monoisotopic (exact) mass is 534 g/mol. The zero-order valence-electron chi connectivity index (χ0n) is 22.6. The topological polar surface area (TPSA) is 138 Å². The molecule has 0 unspecified atom stereocenters. The minimum Gasteiger partial charge on any atom is -0.493 e. The number of aliphatic hydroxyl groups excluding tert-OH is 3. The third-order valence-corrected chi connectivity index (χ3v) is 7.21. The van der Waals surface area contributed by atoms with Gasteiger partial charge in [-0.3, -0.25) is 9.59 Å². The lowest BCUT2D eigenvalue weighted by molar-refractivity contribution is -0.138. The smallest absolute Gasteiger partial charge is 0.247 e. The first-order valence-corrected chi connectivity index (χ1v) is 13.5. The zero-order chi connectivity index (χ0) is 27.7. The predicted molar refractivity (Wildman–Crippen MR) is 141 cm³/mol. The van der Waals surface area contributed by atoms with Crippen molar-refractivity contribution in [2.24, 2.45) is 0 Å². The maximum absolute atomic E-state index is 13.4. The summed E-state index contributed by atoms with van der Waals surface area (Å²) in [6.45, 7) is 2.24. The molecule has 38 heavy (non-hydrogen) atoms. The average molecular weight is 535 g/mol. The highest BCUT2D eigenvalue weighted by molar-refractivity contribution is 5.96. The highest BCUT2D eigenvalue weighted by Gasteiger charge is 2.51. The van der Waals surface area contributed by atoms with Crippen LogP contribution in [0.5, 0.6) is 11.5 Å². The second-order valence-corrected chi connectivity index (χ2v) is 9.76. The van der Waals surface area contributed by atoms with Crippen LogP contribution < -0.4 is 14.8 Å². The number of nitrogens with zero attached hydrogens (tertiary/aromatic N) is 1. The van der Waals surface area contributed by atoms with E-state index in [0.29, 0.717) is 34.6 Å². The van der Waals surface area contributed by atoms with E-state index in [0.717, 1.165) is 32.1 Å². The number of amides is 2. The fourth-order valence-corrected chi connectivity index (χ4v) is 5.27. The molecule has 0 saturated heterocycles. The van der Waals surface area contributed by atoms with E-state index in [1.807, 2.05) is 0 Å². The minimum absolute atomic E-state index is 0.0541. The number of hydrogen-bond acceptors (Lipinski definition) is 8. The summed E-state index contributed by atoms with van der Waals surface area (Å²) in [5, 5.41) is 33.3. The van der Waals surface area contributed by atoms with Crippen LogP contribution in [0.15, 0.2) is 23.8 Å². The van der Waals surface area contributed by atoms with Gasteiger partial charge in [0, 0.05) is 37.8 Å². The summed E-state index contributed by atoms with van der Waals surface area (Å²) in [7, 11) is 3.03. The van der Waals surface area contributed by atoms with E-state index in [9.17, 15) is 24.9 Å². The molecule has 2 aliphatic rings. The number of ether oxygens (including phenoxy) is 3. The van der Waals surface area contributed by atoms with Gasteiger partial charge in [0.05, 0.1) is 38.9 Å². The number of fused-ring (bicyclic) bond motifs is 3. The van der Waals surface area contributed by atoms with Gasteiger partial charge in [-0.05, 0) is 30.2 Å². The number of unbranched alkanes of at least 4 members (excludes halogenated alkanes) is 4. The Hall–Kier alpha value is -2.66. The number of nitrogens with one attached hydrogen (secondary N) is 1. The molecule has 1 aromatic carbocycles. The Bertz CT molecular complexity index is 982. The first kappa shape index (κ1) is 29.9. The van der Waals surface area contributed by atoms with Crippen LogP contribution in [-0.4, -0.2) is 90.8 Å². The zero-order valence-corrected chi connectivity index (χ0v) is 22.6. The van der Waals surface area contributed by atoms with Gasteiger partial charge in [0.15, 0.2) is 11.5 Å². The Morgan fingerprint density at radius 1 is 1.13 bits per heavy atom. The summed E-state index contributed by atoms with van der Waals surface area (Å²) in [4.78, 5) is 28.3. The van der Waals surface area contributed by atoms with E-state index < -0.39 is 30.1 Å². The fourth-order valence-electron chi connectivity index (χ4n) is 5.27. The standard InChI is InChI=1S/C28H42N2O8/c1-4-5-6-7-8-9-23(33)30(11-13-36-2)21-16-20(28(35)29-10-12-31)24-19-14-18(17-32)15-22(37-3)26(19)38-27(24)25(21)34/h14-16,21,24-25,27,31-32,34H,4-13,17H2,1-3H3,(H,29,35)/t21-,24+,25+,27+/m1/s1. The van der Waals surface area contributed by atoms with Gasteiger partial charge in [0.2, 0.25) is 11.8 Å². The van der Waals surface area contributed by atoms with Gasteiger partial charge in [-0.25, -0.2) is 0 Å². The lowest BCUT2D eigenvalue weighted by atomic mass is 9.77. The largest absolute Gasteiger partial charge is 0.493 e. The summed E-state index contributed by atoms with van der Waals surface area (Å²) < 4.78 is 17.0. The van der Waals surface area contributed by atoms with E-state index in [2.05, 4.69) is 12.2 Å². The van der Waals surface area contributed by atoms with Crippen molar-refractivity contribution in [2.75, 3.05) is 40.5 Å². The third kappa shape index (κ3) is 6.66. The van der Waals surface area contributed by atoms with Crippen LogP contribution in [0.3, 0.4) is 0 Å². The summed E-state index contributed by atoms with van der Waals surface area (Å²) >= 11 is 0. The van der Waals surface area contributed by atoms with Gasteiger partial charge < -0.3 is 39.7 Å². The van der Waals surface area contributed by atoms with Crippen LogP contribution in [-0.2, 0) is 20.9 Å². The number of aliphatic hydroxyl groups is 3. The number of carbonyl (C=O) groups is 2. The molecule has 10 heteroatoms. The highest BCUT2D eigenvalue weighted by atomic mass is 16.5. The van der Waals surface area contributed by atoms with Crippen molar-refractivity contribution in [3.63, 3.8) is 0 Å².